The van der Waals surface area contributed by atoms with Crippen molar-refractivity contribution in [3.63, 3.8) is 0 Å². The standard InChI is InChI=1S/C14H22N2O3S/c1-3-5-6-7-8-12(17)16-14-15-11(10-20-14)9-13(18)19-4-2/h10H,3-9H2,1-2H3,(H,15,16,17). The third-order valence-corrected chi connectivity index (χ3v) is 3.49. The minimum atomic E-state index is -0.296. The molecule has 20 heavy (non-hydrogen) atoms. The second-order valence-electron chi connectivity index (χ2n) is 4.48. The predicted octanol–water partition coefficient (Wildman–Crippen LogP) is 3.16. The topological polar surface area (TPSA) is 68.3 Å². The van der Waals surface area contributed by atoms with Crippen molar-refractivity contribution in [2.75, 3.05) is 11.9 Å². The summed E-state index contributed by atoms with van der Waals surface area (Å²) >= 11 is 1.33. The van der Waals surface area contributed by atoms with Crippen LogP contribution < -0.4 is 5.32 Å². The number of esters is 1. The number of nitrogens with one attached hydrogen (secondary N) is 1. The highest BCUT2D eigenvalue weighted by molar-refractivity contribution is 7.13. The van der Waals surface area contributed by atoms with Gasteiger partial charge in [0.15, 0.2) is 5.13 Å². The van der Waals surface area contributed by atoms with Crippen LogP contribution in [0.3, 0.4) is 0 Å². The number of rotatable bonds is 9. The zero-order chi connectivity index (χ0) is 14.8. The Labute approximate surface area is 123 Å². The summed E-state index contributed by atoms with van der Waals surface area (Å²) in [6.07, 6.45) is 4.97. The van der Waals surface area contributed by atoms with Gasteiger partial charge in [-0.15, -0.1) is 11.3 Å². The smallest absolute Gasteiger partial charge is 0.311 e. The van der Waals surface area contributed by atoms with E-state index < -0.39 is 0 Å². The average molecular weight is 298 g/mol. The Morgan fingerprint density at radius 3 is 2.80 bits per heavy atom. The molecule has 0 aliphatic carbocycles. The second kappa shape index (κ2) is 9.47. The zero-order valence-corrected chi connectivity index (χ0v) is 12.9. The fourth-order valence-corrected chi connectivity index (χ4v) is 2.43. The van der Waals surface area contributed by atoms with Crippen molar-refractivity contribution >= 4 is 28.3 Å². The molecule has 0 radical (unpaired) electrons. The van der Waals surface area contributed by atoms with E-state index in [2.05, 4.69) is 17.2 Å². The molecule has 112 valence electrons. The molecule has 0 unspecified atom stereocenters. The van der Waals surface area contributed by atoms with Crippen LogP contribution in [0.5, 0.6) is 0 Å². The molecule has 0 saturated carbocycles. The Morgan fingerprint density at radius 1 is 1.30 bits per heavy atom. The normalized spacial score (nSPS) is 10.3. The summed E-state index contributed by atoms with van der Waals surface area (Å²) in [6.45, 7) is 4.27. The molecule has 0 saturated heterocycles. The van der Waals surface area contributed by atoms with E-state index in [1.807, 2.05) is 0 Å². The van der Waals surface area contributed by atoms with Gasteiger partial charge >= 0.3 is 5.97 Å². The molecule has 1 heterocycles. The minimum Gasteiger partial charge on any atom is -0.466 e. The number of carbonyl (C=O) groups excluding carboxylic acids is 2. The SMILES string of the molecule is CCCCCCC(=O)Nc1nc(CC(=O)OCC)cs1. The van der Waals surface area contributed by atoms with Crippen molar-refractivity contribution in [2.45, 2.75) is 52.4 Å². The quantitative estimate of drug-likeness (QED) is 0.561. The lowest BCUT2D eigenvalue weighted by atomic mass is 10.1. The van der Waals surface area contributed by atoms with Crippen LogP contribution in [-0.4, -0.2) is 23.5 Å². The van der Waals surface area contributed by atoms with Gasteiger partial charge in [-0.05, 0) is 13.3 Å². The largest absolute Gasteiger partial charge is 0.466 e. The molecule has 0 spiro atoms. The summed E-state index contributed by atoms with van der Waals surface area (Å²) in [5.74, 6) is -0.312. The van der Waals surface area contributed by atoms with Crippen LogP contribution in [0.4, 0.5) is 5.13 Å². The number of carbonyl (C=O) groups is 2. The number of nitrogens with zero attached hydrogens (tertiary/aromatic N) is 1. The molecule has 1 rings (SSSR count). The summed E-state index contributed by atoms with van der Waals surface area (Å²) in [6, 6.07) is 0. The monoisotopic (exact) mass is 298 g/mol. The Hall–Kier alpha value is -1.43. The molecule has 0 fully saturated rings. The van der Waals surface area contributed by atoms with Crippen LogP contribution in [0.15, 0.2) is 5.38 Å². The first kappa shape index (κ1) is 16.6. The first-order valence-corrected chi connectivity index (χ1v) is 7.93. The highest BCUT2D eigenvalue weighted by atomic mass is 32.1. The van der Waals surface area contributed by atoms with Crippen molar-refractivity contribution in [1.29, 1.82) is 0 Å². The molecule has 0 atom stereocenters. The number of amides is 1. The van der Waals surface area contributed by atoms with E-state index in [1.165, 1.54) is 11.3 Å². The van der Waals surface area contributed by atoms with E-state index in [0.29, 0.717) is 23.9 Å². The highest BCUT2D eigenvalue weighted by Gasteiger charge is 2.10. The molecule has 1 N–H and O–H groups in total. The summed E-state index contributed by atoms with van der Waals surface area (Å²) in [4.78, 5) is 27.2. The molecule has 0 bridgehead atoms. The molecule has 0 aliphatic rings. The van der Waals surface area contributed by atoms with Crippen LogP contribution in [0, 0.1) is 0 Å². The molecule has 5 nitrogen and oxygen atoms in total. The Balaban J connectivity index is 2.32. The summed E-state index contributed by atoms with van der Waals surface area (Å²) in [7, 11) is 0. The molecule has 1 amide bonds. The number of hydrogen-bond donors (Lipinski definition) is 1. The van der Waals surface area contributed by atoms with Gasteiger partial charge in [0.1, 0.15) is 0 Å². The molecule has 0 aromatic carbocycles. The lowest BCUT2D eigenvalue weighted by Crippen LogP contribution is -2.11. The van der Waals surface area contributed by atoms with Crippen LogP contribution in [-0.2, 0) is 20.7 Å². The van der Waals surface area contributed by atoms with E-state index >= 15 is 0 Å². The predicted molar refractivity (Wildman–Crippen MR) is 79.8 cm³/mol. The van der Waals surface area contributed by atoms with Gasteiger partial charge in [0.25, 0.3) is 0 Å². The fourth-order valence-electron chi connectivity index (χ4n) is 1.70. The number of anilines is 1. The van der Waals surface area contributed by atoms with Gasteiger partial charge in [-0.25, -0.2) is 4.98 Å². The molecular weight excluding hydrogens is 276 g/mol. The fraction of sp³-hybridized carbons (Fsp3) is 0.643. The first-order chi connectivity index (χ1) is 9.65. The lowest BCUT2D eigenvalue weighted by Gasteiger charge is -2.01. The van der Waals surface area contributed by atoms with Crippen LogP contribution in [0.1, 0.15) is 51.6 Å². The first-order valence-electron chi connectivity index (χ1n) is 7.05. The summed E-state index contributed by atoms with van der Waals surface area (Å²) < 4.78 is 4.85. The van der Waals surface area contributed by atoms with Crippen molar-refractivity contribution < 1.29 is 14.3 Å². The van der Waals surface area contributed by atoms with E-state index in [4.69, 9.17) is 4.74 Å². The lowest BCUT2D eigenvalue weighted by molar-refractivity contribution is -0.142. The number of ether oxygens (including phenoxy) is 1. The van der Waals surface area contributed by atoms with Gasteiger partial charge in [-0.2, -0.15) is 0 Å². The van der Waals surface area contributed by atoms with Gasteiger partial charge in [0, 0.05) is 11.8 Å². The maximum atomic E-state index is 11.7. The molecule has 1 aromatic rings. The van der Waals surface area contributed by atoms with Crippen molar-refractivity contribution in [1.82, 2.24) is 4.98 Å². The molecule has 6 heteroatoms. The van der Waals surface area contributed by atoms with Crippen LogP contribution in [0.25, 0.3) is 0 Å². The van der Waals surface area contributed by atoms with E-state index in [0.717, 1.165) is 25.7 Å². The minimum absolute atomic E-state index is 0.0156. The number of hydrogen-bond acceptors (Lipinski definition) is 5. The Kier molecular flexibility index (Phi) is 7.87. The van der Waals surface area contributed by atoms with Gasteiger partial charge in [0.05, 0.1) is 18.7 Å². The number of thiazole rings is 1. The second-order valence-corrected chi connectivity index (χ2v) is 5.34. The maximum Gasteiger partial charge on any atom is 0.311 e. The van der Waals surface area contributed by atoms with Gasteiger partial charge < -0.3 is 10.1 Å². The van der Waals surface area contributed by atoms with Crippen LogP contribution >= 0.6 is 11.3 Å². The zero-order valence-electron chi connectivity index (χ0n) is 12.1. The average Bonchev–Trinajstić information content (AvgIpc) is 2.82. The third kappa shape index (κ3) is 6.65. The summed E-state index contributed by atoms with van der Waals surface area (Å²) in [5, 5.41) is 5.07. The number of unbranched alkanes of at least 4 members (excludes halogenated alkanes) is 3. The van der Waals surface area contributed by atoms with E-state index in [1.54, 1.807) is 12.3 Å². The van der Waals surface area contributed by atoms with Crippen molar-refractivity contribution in [3.8, 4) is 0 Å². The van der Waals surface area contributed by atoms with Crippen molar-refractivity contribution in [3.05, 3.63) is 11.1 Å². The number of aromatic nitrogens is 1. The molecular formula is C14H22N2O3S. The third-order valence-electron chi connectivity index (χ3n) is 2.69. The van der Waals surface area contributed by atoms with Crippen LogP contribution in [0.2, 0.25) is 0 Å². The summed E-state index contributed by atoms with van der Waals surface area (Å²) in [5.41, 5.74) is 0.634. The maximum absolute atomic E-state index is 11.7. The highest BCUT2D eigenvalue weighted by Crippen LogP contribution is 2.16. The van der Waals surface area contributed by atoms with Gasteiger partial charge in [-0.3, -0.25) is 9.59 Å². The van der Waals surface area contributed by atoms with Gasteiger partial charge in [0.2, 0.25) is 5.91 Å². The van der Waals surface area contributed by atoms with E-state index in [9.17, 15) is 9.59 Å². The van der Waals surface area contributed by atoms with E-state index in [-0.39, 0.29) is 18.3 Å². The molecule has 0 aliphatic heterocycles. The Morgan fingerprint density at radius 2 is 2.10 bits per heavy atom. The Bertz CT molecular complexity index is 432. The molecule has 1 aromatic heterocycles. The van der Waals surface area contributed by atoms with Crippen molar-refractivity contribution in [2.24, 2.45) is 0 Å². The van der Waals surface area contributed by atoms with Gasteiger partial charge in [-0.1, -0.05) is 26.2 Å².